The minimum Gasteiger partial charge on any atom is -0.381 e. The van der Waals surface area contributed by atoms with Crippen LogP contribution in [-0.4, -0.2) is 83.2 Å². The molecule has 1 N–H and O–H groups in total. The van der Waals surface area contributed by atoms with Gasteiger partial charge in [0.15, 0.2) is 0 Å². The number of rotatable bonds is 9. The van der Waals surface area contributed by atoms with Gasteiger partial charge in [-0.05, 0) is 77.2 Å². The molecule has 4 aliphatic rings. The molecule has 4 fully saturated rings. The number of nitrogens with one attached hydrogen (secondary N) is 1. The Labute approximate surface area is 228 Å². The Morgan fingerprint density at radius 1 is 1.11 bits per heavy atom. The predicted octanol–water partition coefficient (Wildman–Crippen LogP) is 4.75. The molecule has 1 aromatic carbocycles. The van der Waals surface area contributed by atoms with E-state index in [0.717, 1.165) is 70.5 Å². The number of ether oxygens (including phenoxy) is 1. The molecule has 1 spiro atoms. The Kier molecular flexibility index (Phi) is 8.15. The van der Waals surface area contributed by atoms with Gasteiger partial charge in [0, 0.05) is 56.5 Å². The zero-order valence-electron chi connectivity index (χ0n) is 23.5. The lowest BCUT2D eigenvalue weighted by atomic mass is 9.81. The van der Waals surface area contributed by atoms with Gasteiger partial charge in [-0.15, -0.1) is 0 Å². The van der Waals surface area contributed by atoms with E-state index in [1.165, 1.54) is 12.8 Å². The van der Waals surface area contributed by atoms with Gasteiger partial charge in [0.25, 0.3) is 0 Å². The van der Waals surface area contributed by atoms with Crippen molar-refractivity contribution in [2.45, 2.75) is 95.4 Å². The average molecular weight is 523 g/mol. The molecule has 3 amide bonds. The second-order valence-electron chi connectivity index (χ2n) is 12.4. The molecule has 7 heteroatoms. The summed E-state index contributed by atoms with van der Waals surface area (Å²) in [6.45, 7) is 14.3. The van der Waals surface area contributed by atoms with Gasteiger partial charge in [0.2, 0.25) is 5.91 Å². The van der Waals surface area contributed by atoms with Gasteiger partial charge in [-0.3, -0.25) is 9.69 Å². The van der Waals surface area contributed by atoms with Crippen molar-refractivity contribution in [3.05, 3.63) is 48.0 Å². The molecular formula is C31H46N4O3. The lowest BCUT2D eigenvalue weighted by molar-refractivity contribution is -0.118. The SMILES string of the molecule is C=C(C)C(=O)N[C@@H](CCN1C2CCC1CC1(C2)CN(CC2CCOCC2)C(=O)N1C(C)C)c1ccccc1. The van der Waals surface area contributed by atoms with Crippen LogP contribution in [0.15, 0.2) is 42.5 Å². The summed E-state index contributed by atoms with van der Waals surface area (Å²) >= 11 is 0. The number of benzene rings is 1. The van der Waals surface area contributed by atoms with Crippen molar-refractivity contribution in [1.29, 1.82) is 0 Å². The maximum atomic E-state index is 13.7. The zero-order chi connectivity index (χ0) is 26.9. The maximum absolute atomic E-state index is 13.7. The van der Waals surface area contributed by atoms with Crippen LogP contribution >= 0.6 is 0 Å². The van der Waals surface area contributed by atoms with Crippen molar-refractivity contribution >= 4 is 11.9 Å². The molecule has 38 heavy (non-hydrogen) atoms. The molecule has 7 nitrogen and oxygen atoms in total. The van der Waals surface area contributed by atoms with Gasteiger partial charge < -0.3 is 19.9 Å². The Bertz CT molecular complexity index is 992. The first-order valence-corrected chi connectivity index (χ1v) is 14.7. The molecular weight excluding hydrogens is 476 g/mol. The van der Waals surface area contributed by atoms with E-state index in [1.54, 1.807) is 6.92 Å². The fourth-order valence-electron chi connectivity index (χ4n) is 7.68. The van der Waals surface area contributed by atoms with Crippen molar-refractivity contribution in [3.8, 4) is 0 Å². The summed E-state index contributed by atoms with van der Waals surface area (Å²) in [4.78, 5) is 33.3. The molecule has 2 bridgehead atoms. The predicted molar refractivity (Wildman–Crippen MR) is 150 cm³/mol. The fourth-order valence-corrected chi connectivity index (χ4v) is 7.68. The van der Waals surface area contributed by atoms with Crippen molar-refractivity contribution in [2.75, 3.05) is 32.8 Å². The standard InChI is InChI=1S/C31H46N4O3/c1-22(2)29(36)32-28(25-8-6-5-7-9-25)12-15-34-26-10-11-27(34)19-31(18-26)21-33(30(37)35(31)23(3)4)20-24-13-16-38-17-14-24/h5-9,23-24,26-28H,1,10-21H2,2-4H3,(H,32,36)/t26?,27?,28-,31?/m0/s1. The summed E-state index contributed by atoms with van der Waals surface area (Å²) in [5, 5.41) is 3.21. The summed E-state index contributed by atoms with van der Waals surface area (Å²) in [6, 6.07) is 11.7. The topological polar surface area (TPSA) is 65.1 Å². The first-order chi connectivity index (χ1) is 18.3. The quantitative estimate of drug-likeness (QED) is 0.476. The van der Waals surface area contributed by atoms with Gasteiger partial charge in [-0.2, -0.15) is 0 Å². The molecule has 2 unspecified atom stereocenters. The molecule has 0 aliphatic carbocycles. The Balaban J connectivity index is 1.28. The smallest absolute Gasteiger partial charge is 0.320 e. The van der Waals surface area contributed by atoms with Crippen LogP contribution < -0.4 is 5.32 Å². The Hall–Kier alpha value is -2.38. The first-order valence-electron chi connectivity index (χ1n) is 14.7. The minimum atomic E-state index is -0.0823. The van der Waals surface area contributed by atoms with E-state index in [1.807, 2.05) is 18.2 Å². The minimum absolute atomic E-state index is 0.0362. The molecule has 4 saturated heterocycles. The van der Waals surface area contributed by atoms with Crippen molar-refractivity contribution in [3.63, 3.8) is 0 Å². The van der Waals surface area contributed by atoms with E-state index in [0.29, 0.717) is 23.6 Å². The van der Waals surface area contributed by atoms with Gasteiger partial charge in [0.1, 0.15) is 0 Å². The summed E-state index contributed by atoms with van der Waals surface area (Å²) < 4.78 is 5.56. The van der Waals surface area contributed by atoms with Crippen LogP contribution in [0.3, 0.4) is 0 Å². The second-order valence-corrected chi connectivity index (χ2v) is 12.4. The Morgan fingerprint density at radius 2 is 1.76 bits per heavy atom. The number of carbonyl (C=O) groups excluding carboxylic acids is 2. The molecule has 1 aromatic rings. The third-order valence-electron chi connectivity index (χ3n) is 9.38. The third-order valence-corrected chi connectivity index (χ3v) is 9.38. The summed E-state index contributed by atoms with van der Waals surface area (Å²) in [7, 11) is 0. The number of hydrogen-bond donors (Lipinski definition) is 1. The molecule has 0 radical (unpaired) electrons. The second kappa shape index (κ2) is 11.4. The molecule has 4 heterocycles. The fraction of sp³-hybridized carbons (Fsp3) is 0.677. The highest BCUT2D eigenvalue weighted by molar-refractivity contribution is 5.92. The van der Waals surface area contributed by atoms with E-state index >= 15 is 0 Å². The van der Waals surface area contributed by atoms with Crippen molar-refractivity contribution in [2.24, 2.45) is 5.92 Å². The summed E-state index contributed by atoms with van der Waals surface area (Å²) in [5.41, 5.74) is 1.61. The van der Waals surface area contributed by atoms with E-state index in [9.17, 15) is 9.59 Å². The number of fused-ring (bicyclic) bond motifs is 2. The number of carbonyl (C=O) groups is 2. The highest BCUT2D eigenvalue weighted by atomic mass is 16.5. The lowest BCUT2D eigenvalue weighted by Gasteiger charge is -2.49. The molecule has 5 rings (SSSR count). The van der Waals surface area contributed by atoms with Crippen LogP contribution in [0, 0.1) is 5.92 Å². The van der Waals surface area contributed by atoms with Crippen molar-refractivity contribution < 1.29 is 14.3 Å². The zero-order valence-corrected chi connectivity index (χ0v) is 23.5. The van der Waals surface area contributed by atoms with E-state index in [2.05, 4.69) is 52.6 Å². The van der Waals surface area contributed by atoms with Crippen LogP contribution in [0.4, 0.5) is 4.79 Å². The number of piperidine rings is 1. The molecule has 208 valence electrons. The van der Waals surface area contributed by atoms with E-state index in [-0.39, 0.29) is 29.6 Å². The van der Waals surface area contributed by atoms with Crippen LogP contribution in [-0.2, 0) is 9.53 Å². The largest absolute Gasteiger partial charge is 0.381 e. The van der Waals surface area contributed by atoms with Crippen LogP contribution in [0.25, 0.3) is 0 Å². The normalized spacial score (nSPS) is 28.9. The van der Waals surface area contributed by atoms with E-state index < -0.39 is 0 Å². The molecule has 0 aromatic heterocycles. The van der Waals surface area contributed by atoms with Gasteiger partial charge in [-0.1, -0.05) is 36.9 Å². The van der Waals surface area contributed by atoms with Crippen LogP contribution in [0.1, 0.15) is 77.3 Å². The number of amides is 3. The molecule has 3 atom stereocenters. The highest BCUT2D eigenvalue weighted by Gasteiger charge is 2.57. The maximum Gasteiger partial charge on any atom is 0.320 e. The first kappa shape index (κ1) is 27.2. The highest BCUT2D eigenvalue weighted by Crippen LogP contribution is 2.48. The number of nitrogens with zero attached hydrogens (tertiary/aromatic N) is 3. The monoisotopic (exact) mass is 522 g/mol. The van der Waals surface area contributed by atoms with Crippen LogP contribution in [0.5, 0.6) is 0 Å². The average Bonchev–Trinajstić information content (AvgIpc) is 3.30. The van der Waals surface area contributed by atoms with Gasteiger partial charge in [0.05, 0.1) is 11.6 Å². The summed E-state index contributed by atoms with van der Waals surface area (Å²) in [6.07, 6.45) is 7.47. The van der Waals surface area contributed by atoms with E-state index in [4.69, 9.17) is 4.74 Å². The number of hydrogen-bond acceptors (Lipinski definition) is 4. The van der Waals surface area contributed by atoms with Crippen LogP contribution in [0.2, 0.25) is 0 Å². The third kappa shape index (κ3) is 5.50. The van der Waals surface area contributed by atoms with Gasteiger partial charge >= 0.3 is 6.03 Å². The molecule has 0 saturated carbocycles. The van der Waals surface area contributed by atoms with Gasteiger partial charge in [-0.25, -0.2) is 4.79 Å². The number of urea groups is 1. The summed E-state index contributed by atoms with van der Waals surface area (Å²) in [5.74, 6) is 0.471. The van der Waals surface area contributed by atoms with Crippen molar-refractivity contribution in [1.82, 2.24) is 20.0 Å². The Morgan fingerprint density at radius 3 is 2.37 bits per heavy atom. The molecule has 4 aliphatic heterocycles. The lowest BCUT2D eigenvalue weighted by Crippen LogP contribution is -2.60.